The molecule has 11 heavy (non-hydrogen) atoms. The maximum Gasteiger partial charge on any atom is 4.00 e. The van der Waals surface area contributed by atoms with Gasteiger partial charge in [-0.3, -0.25) is 4.79 Å². The molecule has 68 valence electrons. The van der Waals surface area contributed by atoms with E-state index in [1.54, 1.807) is 6.92 Å². The van der Waals surface area contributed by atoms with Gasteiger partial charge in [0, 0.05) is 6.92 Å². The van der Waals surface area contributed by atoms with E-state index in [0.29, 0.717) is 6.61 Å². The minimum Gasteiger partial charge on any atom is -1.00 e. The van der Waals surface area contributed by atoms with Crippen molar-refractivity contribution in [1.82, 2.24) is 0 Å². The Morgan fingerprint density at radius 2 is 1.45 bits per heavy atom. The number of hydrogen-bond acceptors (Lipinski definition) is 2. The molecule has 0 aliphatic rings. The number of halogens is 4. The van der Waals surface area contributed by atoms with Crippen LogP contribution in [0.4, 0.5) is 0 Å². The molecule has 0 aromatic heterocycles. The second kappa shape index (κ2) is 30.0. The van der Waals surface area contributed by atoms with Gasteiger partial charge in [-0.05, 0) is 6.92 Å². The fourth-order valence-electron chi connectivity index (χ4n) is 0.203. The van der Waals surface area contributed by atoms with E-state index in [4.69, 9.17) is 0 Å². The molecule has 7 heteroatoms. The third-order valence-electron chi connectivity index (χ3n) is 0.348. The summed E-state index contributed by atoms with van der Waals surface area (Å²) in [5.74, 6) is -0.211. The van der Waals surface area contributed by atoms with Gasteiger partial charge in [-0.1, -0.05) is 0 Å². The Balaban J connectivity index is -0.0000000125. The van der Waals surface area contributed by atoms with Crippen LogP contribution in [-0.4, -0.2) is 12.6 Å². The van der Waals surface area contributed by atoms with Crippen LogP contribution in [0.1, 0.15) is 13.8 Å². The zero-order valence-electron chi connectivity index (χ0n) is 6.04. The van der Waals surface area contributed by atoms with E-state index < -0.39 is 0 Å². The molecule has 0 aromatic rings. The van der Waals surface area contributed by atoms with Crippen LogP contribution in [-0.2, 0) is 35.7 Å². The summed E-state index contributed by atoms with van der Waals surface area (Å²) in [5.41, 5.74) is 0. The van der Waals surface area contributed by atoms with Gasteiger partial charge < -0.3 is 54.4 Å². The van der Waals surface area contributed by atoms with Gasteiger partial charge in [0.05, 0.1) is 6.61 Å². The first-order chi connectivity index (χ1) is 2.77. The largest absolute Gasteiger partial charge is 4.00 e. The van der Waals surface area contributed by atoms with Crippen molar-refractivity contribution in [2.75, 3.05) is 6.61 Å². The second-order valence-corrected chi connectivity index (χ2v) is 0.925. The van der Waals surface area contributed by atoms with Crippen molar-refractivity contribution in [3.8, 4) is 0 Å². The molecule has 0 radical (unpaired) electrons. The molecule has 0 saturated heterocycles. The number of rotatable bonds is 1. The van der Waals surface area contributed by atoms with Crippen molar-refractivity contribution >= 4 is 5.97 Å². The van der Waals surface area contributed by atoms with E-state index in [1.165, 1.54) is 6.92 Å². The third-order valence-corrected chi connectivity index (χ3v) is 0.348. The molecular weight excluding hydrogens is 313 g/mol. The molecule has 0 aliphatic carbocycles. The fraction of sp³-hybridized carbons (Fsp3) is 0.750. The summed E-state index contributed by atoms with van der Waals surface area (Å²) in [6.07, 6.45) is 0. The van der Waals surface area contributed by atoms with Gasteiger partial charge in [-0.25, -0.2) is 0 Å². The first-order valence-electron chi connectivity index (χ1n) is 1.90. The standard InChI is InChI=1S/C4H8O2.4ClH.Zr/c1-3-6-4(2)5;;;;;/h3H2,1-2H3;4*1H;/q;;;;;+4/p-4. The Hall–Kier alpha value is 1.51. The minimum absolute atomic E-state index is 0. The maximum atomic E-state index is 9.82. The van der Waals surface area contributed by atoms with E-state index in [1.807, 2.05) is 0 Å². The molecule has 0 spiro atoms. The zero-order valence-corrected chi connectivity index (χ0v) is 11.5. The number of ether oxygens (including phenoxy) is 1. The number of hydrogen-bond donors (Lipinski definition) is 0. The summed E-state index contributed by atoms with van der Waals surface area (Å²) in [5, 5.41) is 0. The predicted molar refractivity (Wildman–Crippen MR) is 22.3 cm³/mol. The van der Waals surface area contributed by atoms with Crippen molar-refractivity contribution in [2.45, 2.75) is 13.8 Å². The smallest absolute Gasteiger partial charge is 1.00 e. The van der Waals surface area contributed by atoms with Crippen molar-refractivity contribution < 1.29 is 85.4 Å². The van der Waals surface area contributed by atoms with E-state index >= 15 is 0 Å². The number of carbonyl (C=O) groups is 1. The van der Waals surface area contributed by atoms with Crippen LogP contribution in [0, 0.1) is 0 Å². The summed E-state index contributed by atoms with van der Waals surface area (Å²) >= 11 is 0. The summed E-state index contributed by atoms with van der Waals surface area (Å²) in [6, 6.07) is 0. The summed E-state index contributed by atoms with van der Waals surface area (Å²) < 4.78 is 4.40. The Morgan fingerprint density at radius 1 is 1.18 bits per heavy atom. The first-order valence-corrected chi connectivity index (χ1v) is 1.90. The van der Waals surface area contributed by atoms with Gasteiger partial charge >= 0.3 is 32.2 Å². The molecular formula is C4H8Cl4O2Zr. The van der Waals surface area contributed by atoms with Crippen molar-refractivity contribution in [3.63, 3.8) is 0 Å². The molecule has 0 atom stereocenters. The SMILES string of the molecule is CCOC(C)=O.[Cl-].[Cl-].[Cl-].[Cl-].[Zr+4]. The molecule has 0 heterocycles. The number of esters is 1. The minimum atomic E-state index is -0.211. The average Bonchev–Trinajstić information content (AvgIpc) is 1.35. The quantitative estimate of drug-likeness (QED) is 0.449. The van der Waals surface area contributed by atoms with E-state index in [-0.39, 0.29) is 81.8 Å². The third kappa shape index (κ3) is 51.2. The average molecular weight is 321 g/mol. The molecule has 0 unspecified atom stereocenters. The number of carbonyl (C=O) groups excluding carboxylic acids is 1. The van der Waals surface area contributed by atoms with Gasteiger partial charge in [0.15, 0.2) is 0 Å². The predicted octanol–water partition coefficient (Wildman–Crippen LogP) is -11.4. The Labute approximate surface area is 111 Å². The molecule has 0 fully saturated rings. The zero-order chi connectivity index (χ0) is 4.99. The van der Waals surface area contributed by atoms with Crippen molar-refractivity contribution in [2.24, 2.45) is 0 Å². The van der Waals surface area contributed by atoms with E-state index in [2.05, 4.69) is 4.74 Å². The van der Waals surface area contributed by atoms with Gasteiger partial charge in [-0.15, -0.1) is 0 Å². The van der Waals surface area contributed by atoms with E-state index in [0.717, 1.165) is 0 Å². The molecule has 0 rings (SSSR count). The molecule has 2 nitrogen and oxygen atoms in total. The Kier molecular flexibility index (Phi) is 107. The maximum absolute atomic E-state index is 9.82. The van der Waals surface area contributed by atoms with Crippen LogP contribution in [0.2, 0.25) is 0 Å². The second-order valence-electron chi connectivity index (χ2n) is 0.925. The molecule has 0 amide bonds. The van der Waals surface area contributed by atoms with E-state index in [9.17, 15) is 4.79 Å². The van der Waals surface area contributed by atoms with Crippen LogP contribution in [0.3, 0.4) is 0 Å². The van der Waals surface area contributed by atoms with Crippen LogP contribution in [0.25, 0.3) is 0 Å². The molecule has 0 aromatic carbocycles. The summed E-state index contributed by atoms with van der Waals surface area (Å²) in [7, 11) is 0. The monoisotopic (exact) mass is 318 g/mol. The van der Waals surface area contributed by atoms with Crippen LogP contribution in [0.15, 0.2) is 0 Å². The fourth-order valence-corrected chi connectivity index (χ4v) is 0.203. The molecule has 0 bridgehead atoms. The van der Waals surface area contributed by atoms with Gasteiger partial charge in [0.1, 0.15) is 0 Å². The summed E-state index contributed by atoms with van der Waals surface area (Å²) in [6.45, 7) is 3.65. The van der Waals surface area contributed by atoms with Gasteiger partial charge in [0.2, 0.25) is 0 Å². The van der Waals surface area contributed by atoms with Gasteiger partial charge in [-0.2, -0.15) is 0 Å². The molecule has 0 aliphatic heterocycles. The Morgan fingerprint density at radius 3 is 1.45 bits per heavy atom. The summed E-state index contributed by atoms with van der Waals surface area (Å²) in [4.78, 5) is 9.82. The van der Waals surface area contributed by atoms with Crippen LogP contribution < -0.4 is 49.6 Å². The molecule has 0 N–H and O–H groups in total. The normalized spacial score (nSPS) is 4.18. The van der Waals surface area contributed by atoms with Crippen LogP contribution in [0.5, 0.6) is 0 Å². The van der Waals surface area contributed by atoms with Crippen molar-refractivity contribution in [3.05, 3.63) is 0 Å². The van der Waals surface area contributed by atoms with Gasteiger partial charge in [0.25, 0.3) is 0 Å². The topological polar surface area (TPSA) is 26.3 Å². The molecule has 0 saturated carbocycles. The van der Waals surface area contributed by atoms with Crippen molar-refractivity contribution in [1.29, 1.82) is 0 Å². The first kappa shape index (κ1) is 39.1. The Bertz CT molecular complexity index is 64.1. The van der Waals surface area contributed by atoms with Crippen LogP contribution >= 0.6 is 0 Å².